The van der Waals surface area contributed by atoms with Gasteiger partial charge in [0.2, 0.25) is 0 Å². The lowest BCUT2D eigenvalue weighted by Gasteiger charge is -2.32. The van der Waals surface area contributed by atoms with Gasteiger partial charge in [0.1, 0.15) is 5.82 Å². The summed E-state index contributed by atoms with van der Waals surface area (Å²) in [5, 5.41) is 3.46. The van der Waals surface area contributed by atoms with Crippen LogP contribution in [0.1, 0.15) is 41.7 Å². The molecule has 1 saturated heterocycles. The Balaban J connectivity index is 1.86. The van der Waals surface area contributed by atoms with E-state index in [1.54, 1.807) is 0 Å². The zero-order valence-corrected chi connectivity index (χ0v) is 12.6. The van der Waals surface area contributed by atoms with Crippen molar-refractivity contribution in [3.05, 3.63) is 23.4 Å². The SMILES string of the molecule is Cc1ccc(C(N)=O)c(N(CC2CCCNC2)C2CC2)n1. The van der Waals surface area contributed by atoms with Crippen molar-refractivity contribution >= 4 is 11.7 Å². The van der Waals surface area contributed by atoms with Crippen LogP contribution in [0.2, 0.25) is 0 Å². The number of carbonyl (C=O) groups is 1. The molecule has 1 aromatic heterocycles. The minimum absolute atomic E-state index is 0.384. The molecular weight excluding hydrogens is 264 g/mol. The van der Waals surface area contributed by atoms with Gasteiger partial charge in [-0.3, -0.25) is 4.79 Å². The largest absolute Gasteiger partial charge is 0.365 e. The van der Waals surface area contributed by atoms with E-state index in [-0.39, 0.29) is 5.91 Å². The highest BCUT2D eigenvalue weighted by Crippen LogP contribution is 2.34. The van der Waals surface area contributed by atoms with Crippen molar-refractivity contribution in [1.29, 1.82) is 0 Å². The summed E-state index contributed by atoms with van der Waals surface area (Å²) in [5.41, 5.74) is 7.02. The lowest BCUT2D eigenvalue weighted by atomic mass is 9.98. The molecule has 1 aromatic rings. The Labute approximate surface area is 125 Å². The van der Waals surface area contributed by atoms with Crippen LogP contribution in [0.15, 0.2) is 12.1 Å². The molecule has 1 saturated carbocycles. The Kier molecular flexibility index (Phi) is 4.10. The predicted octanol–water partition coefficient (Wildman–Crippen LogP) is 1.46. The Hall–Kier alpha value is -1.62. The molecule has 21 heavy (non-hydrogen) atoms. The Morgan fingerprint density at radius 1 is 1.43 bits per heavy atom. The molecule has 3 N–H and O–H groups in total. The molecule has 2 aliphatic rings. The average molecular weight is 288 g/mol. The van der Waals surface area contributed by atoms with Crippen LogP contribution in [0.25, 0.3) is 0 Å². The van der Waals surface area contributed by atoms with Crippen molar-refractivity contribution in [2.24, 2.45) is 11.7 Å². The van der Waals surface area contributed by atoms with Crippen LogP contribution in [0.4, 0.5) is 5.82 Å². The van der Waals surface area contributed by atoms with E-state index in [9.17, 15) is 4.79 Å². The number of nitrogens with one attached hydrogen (secondary N) is 1. The Morgan fingerprint density at radius 3 is 2.86 bits per heavy atom. The van der Waals surface area contributed by atoms with Crippen LogP contribution in [-0.4, -0.2) is 36.6 Å². The minimum Gasteiger partial charge on any atom is -0.365 e. The van der Waals surface area contributed by atoms with Crippen LogP contribution < -0.4 is 16.0 Å². The molecule has 0 bridgehead atoms. The molecule has 5 heteroatoms. The van der Waals surface area contributed by atoms with Crippen LogP contribution in [0, 0.1) is 12.8 Å². The van der Waals surface area contributed by atoms with Gasteiger partial charge in [-0.1, -0.05) is 0 Å². The van der Waals surface area contributed by atoms with E-state index in [4.69, 9.17) is 5.73 Å². The monoisotopic (exact) mass is 288 g/mol. The normalized spacial score (nSPS) is 22.0. The van der Waals surface area contributed by atoms with E-state index in [0.29, 0.717) is 17.5 Å². The van der Waals surface area contributed by atoms with Crippen molar-refractivity contribution in [1.82, 2.24) is 10.3 Å². The first-order valence-corrected chi connectivity index (χ1v) is 7.90. The number of nitrogens with two attached hydrogens (primary N) is 1. The molecule has 2 heterocycles. The molecular formula is C16H24N4O. The fraction of sp³-hybridized carbons (Fsp3) is 0.625. The number of hydrogen-bond donors (Lipinski definition) is 2. The summed E-state index contributed by atoms with van der Waals surface area (Å²) in [6.45, 7) is 5.10. The third-order valence-electron chi connectivity index (χ3n) is 4.39. The number of aromatic nitrogens is 1. The number of carbonyl (C=O) groups excluding carboxylic acids is 1. The van der Waals surface area contributed by atoms with E-state index in [2.05, 4.69) is 15.2 Å². The van der Waals surface area contributed by atoms with Crippen LogP contribution in [-0.2, 0) is 0 Å². The number of hydrogen-bond acceptors (Lipinski definition) is 4. The number of anilines is 1. The quantitative estimate of drug-likeness (QED) is 0.860. The maximum atomic E-state index is 11.7. The number of amides is 1. The fourth-order valence-corrected chi connectivity index (χ4v) is 3.11. The molecule has 1 amide bonds. The van der Waals surface area contributed by atoms with Gasteiger partial charge in [0.15, 0.2) is 0 Å². The van der Waals surface area contributed by atoms with E-state index in [1.165, 1.54) is 25.7 Å². The zero-order chi connectivity index (χ0) is 14.8. The molecule has 0 aromatic carbocycles. The van der Waals surface area contributed by atoms with Crippen molar-refractivity contribution in [3.8, 4) is 0 Å². The lowest BCUT2D eigenvalue weighted by Crippen LogP contribution is -2.40. The second kappa shape index (κ2) is 6.02. The van der Waals surface area contributed by atoms with E-state index >= 15 is 0 Å². The van der Waals surface area contributed by atoms with Gasteiger partial charge in [-0.05, 0) is 63.7 Å². The van der Waals surface area contributed by atoms with Gasteiger partial charge in [-0.2, -0.15) is 0 Å². The molecule has 0 radical (unpaired) electrons. The summed E-state index contributed by atoms with van der Waals surface area (Å²) < 4.78 is 0. The number of primary amides is 1. The van der Waals surface area contributed by atoms with E-state index < -0.39 is 0 Å². The topological polar surface area (TPSA) is 71.2 Å². The molecule has 1 aliphatic carbocycles. The molecule has 1 aliphatic heterocycles. The number of pyridine rings is 1. The summed E-state index contributed by atoms with van der Waals surface area (Å²) >= 11 is 0. The first-order chi connectivity index (χ1) is 10.1. The lowest BCUT2D eigenvalue weighted by molar-refractivity contribution is 0.100. The Morgan fingerprint density at radius 2 is 2.24 bits per heavy atom. The zero-order valence-electron chi connectivity index (χ0n) is 12.6. The van der Waals surface area contributed by atoms with Gasteiger partial charge in [0.05, 0.1) is 5.56 Å². The molecule has 0 spiro atoms. The summed E-state index contributed by atoms with van der Waals surface area (Å²) in [6.07, 6.45) is 4.85. The van der Waals surface area contributed by atoms with Crippen molar-refractivity contribution in [2.45, 2.75) is 38.6 Å². The first kappa shape index (κ1) is 14.3. The summed E-state index contributed by atoms with van der Waals surface area (Å²) in [4.78, 5) is 18.7. The number of aryl methyl sites for hydroxylation is 1. The summed E-state index contributed by atoms with van der Waals surface area (Å²) in [6, 6.07) is 4.20. The second-order valence-corrected chi connectivity index (χ2v) is 6.28. The maximum absolute atomic E-state index is 11.7. The van der Waals surface area contributed by atoms with Crippen molar-refractivity contribution in [3.63, 3.8) is 0 Å². The van der Waals surface area contributed by atoms with Crippen LogP contribution in [0.5, 0.6) is 0 Å². The number of rotatable bonds is 5. The van der Waals surface area contributed by atoms with Gasteiger partial charge >= 0.3 is 0 Å². The summed E-state index contributed by atoms with van der Waals surface area (Å²) in [5.74, 6) is 1.03. The summed E-state index contributed by atoms with van der Waals surface area (Å²) in [7, 11) is 0. The average Bonchev–Trinajstić information content (AvgIpc) is 3.30. The molecule has 5 nitrogen and oxygen atoms in total. The third-order valence-corrected chi connectivity index (χ3v) is 4.39. The molecule has 3 rings (SSSR count). The third kappa shape index (κ3) is 3.35. The highest BCUT2D eigenvalue weighted by molar-refractivity contribution is 5.97. The minimum atomic E-state index is -0.384. The van der Waals surface area contributed by atoms with Gasteiger partial charge in [0.25, 0.3) is 5.91 Å². The predicted molar refractivity (Wildman–Crippen MR) is 83.5 cm³/mol. The van der Waals surface area contributed by atoms with Gasteiger partial charge in [0, 0.05) is 18.3 Å². The molecule has 2 fully saturated rings. The van der Waals surface area contributed by atoms with Crippen molar-refractivity contribution in [2.75, 3.05) is 24.5 Å². The first-order valence-electron chi connectivity index (χ1n) is 7.90. The van der Waals surface area contributed by atoms with E-state index in [0.717, 1.165) is 31.1 Å². The molecule has 114 valence electrons. The highest BCUT2D eigenvalue weighted by atomic mass is 16.1. The molecule has 1 atom stereocenters. The van der Waals surface area contributed by atoms with Crippen LogP contribution >= 0.6 is 0 Å². The fourth-order valence-electron chi connectivity index (χ4n) is 3.11. The van der Waals surface area contributed by atoms with Gasteiger partial charge in [-0.15, -0.1) is 0 Å². The number of nitrogens with zero attached hydrogens (tertiary/aromatic N) is 2. The van der Waals surface area contributed by atoms with Crippen LogP contribution in [0.3, 0.4) is 0 Å². The van der Waals surface area contributed by atoms with Gasteiger partial charge < -0.3 is 16.0 Å². The van der Waals surface area contributed by atoms with Gasteiger partial charge in [-0.25, -0.2) is 4.98 Å². The molecule has 1 unspecified atom stereocenters. The van der Waals surface area contributed by atoms with Crippen molar-refractivity contribution < 1.29 is 4.79 Å². The smallest absolute Gasteiger partial charge is 0.252 e. The standard InChI is InChI=1S/C16H24N4O/c1-11-4-7-14(15(17)21)16(19-11)20(13-5-6-13)10-12-3-2-8-18-9-12/h4,7,12-13,18H,2-3,5-6,8-10H2,1H3,(H2,17,21). The Bertz CT molecular complexity index is 521. The van der Waals surface area contributed by atoms with E-state index in [1.807, 2.05) is 19.1 Å². The highest BCUT2D eigenvalue weighted by Gasteiger charge is 2.33. The second-order valence-electron chi connectivity index (χ2n) is 6.28. The maximum Gasteiger partial charge on any atom is 0.252 e. The number of piperidine rings is 1.